The lowest BCUT2D eigenvalue weighted by molar-refractivity contribution is -0.137. The molecule has 0 saturated carbocycles. The highest BCUT2D eigenvalue weighted by atomic mass is 32.2. The molecule has 0 radical (unpaired) electrons. The molecule has 1 unspecified atom stereocenters. The van der Waals surface area contributed by atoms with Gasteiger partial charge < -0.3 is 0 Å². The predicted molar refractivity (Wildman–Crippen MR) is 102 cm³/mol. The Morgan fingerprint density at radius 2 is 1.74 bits per heavy atom. The first-order chi connectivity index (χ1) is 12.5. The number of benzene rings is 2. The van der Waals surface area contributed by atoms with Crippen LogP contribution in [0.5, 0.6) is 0 Å². The van der Waals surface area contributed by atoms with Crippen molar-refractivity contribution >= 4 is 29.0 Å². The van der Waals surface area contributed by atoms with Crippen LogP contribution in [0, 0.1) is 0 Å². The number of alkyl halides is 3. The second kappa shape index (κ2) is 8.58. The van der Waals surface area contributed by atoms with E-state index in [4.69, 9.17) is 0 Å². The summed E-state index contributed by atoms with van der Waals surface area (Å²) in [6, 6.07) is 10.1. The minimum atomic E-state index is -4.47. The molecule has 1 N–H and O–H groups in total. The number of carbonyl (C=O) groups excluding carboxylic acids is 1. The standard InChI is InChI=1S/C19H20F3NO2S2/c1-18(2,3)27(25)23-11-13-8-9-15(19(20,21)22)10-17(13)26-16-7-5-4-6-14(16)12-24/h4-10,12,23H,11H2,1-3H3. The summed E-state index contributed by atoms with van der Waals surface area (Å²) in [6.07, 6.45) is -3.80. The minimum Gasteiger partial charge on any atom is -0.298 e. The van der Waals surface area contributed by atoms with Gasteiger partial charge in [0.15, 0.2) is 6.29 Å². The Balaban J connectivity index is 2.38. The monoisotopic (exact) mass is 415 g/mol. The number of hydrogen-bond acceptors (Lipinski definition) is 3. The smallest absolute Gasteiger partial charge is 0.298 e. The van der Waals surface area contributed by atoms with Gasteiger partial charge in [-0.2, -0.15) is 13.2 Å². The number of hydrogen-bond donors (Lipinski definition) is 1. The highest BCUT2D eigenvalue weighted by molar-refractivity contribution is 7.99. The lowest BCUT2D eigenvalue weighted by Crippen LogP contribution is -2.33. The second-order valence-corrected chi connectivity index (χ2v) is 9.91. The first-order valence-electron chi connectivity index (χ1n) is 8.10. The normalized spacial score (nSPS) is 13.4. The summed E-state index contributed by atoms with van der Waals surface area (Å²) in [5.41, 5.74) is 0.206. The number of aldehydes is 1. The third kappa shape index (κ3) is 5.92. The maximum absolute atomic E-state index is 13.1. The topological polar surface area (TPSA) is 46.2 Å². The fourth-order valence-corrected chi connectivity index (χ4v) is 3.92. The average molecular weight is 416 g/mol. The number of carbonyl (C=O) groups is 1. The van der Waals surface area contributed by atoms with Gasteiger partial charge in [-0.1, -0.05) is 36.0 Å². The third-order valence-corrected chi connectivity index (χ3v) is 6.32. The fraction of sp³-hybridized carbons (Fsp3) is 0.316. The zero-order chi connectivity index (χ0) is 20.2. The summed E-state index contributed by atoms with van der Waals surface area (Å²) in [6.45, 7) is 5.56. The van der Waals surface area contributed by atoms with Gasteiger partial charge in [-0.05, 0) is 44.5 Å². The van der Waals surface area contributed by atoms with Gasteiger partial charge in [-0.15, -0.1) is 0 Å². The van der Waals surface area contributed by atoms with Crippen LogP contribution in [-0.2, 0) is 23.7 Å². The van der Waals surface area contributed by atoms with Crippen LogP contribution in [0.4, 0.5) is 13.2 Å². The molecule has 1 atom stereocenters. The van der Waals surface area contributed by atoms with Crippen molar-refractivity contribution in [3.63, 3.8) is 0 Å². The Hall–Kier alpha value is -1.64. The fourth-order valence-electron chi connectivity index (χ4n) is 2.12. The maximum Gasteiger partial charge on any atom is 0.416 e. The molecule has 2 aromatic rings. The van der Waals surface area contributed by atoms with E-state index in [0.29, 0.717) is 27.2 Å². The van der Waals surface area contributed by atoms with Gasteiger partial charge in [0.1, 0.15) is 0 Å². The predicted octanol–water partition coefficient (Wildman–Crippen LogP) is 5.22. The van der Waals surface area contributed by atoms with Crippen molar-refractivity contribution in [2.75, 3.05) is 0 Å². The number of rotatable bonds is 6. The summed E-state index contributed by atoms with van der Waals surface area (Å²) in [5, 5.41) is 0. The summed E-state index contributed by atoms with van der Waals surface area (Å²) < 4.78 is 53.9. The summed E-state index contributed by atoms with van der Waals surface area (Å²) >= 11 is 1.08. The Kier molecular flexibility index (Phi) is 6.88. The van der Waals surface area contributed by atoms with E-state index in [1.807, 2.05) is 0 Å². The molecule has 0 saturated heterocycles. The van der Waals surface area contributed by atoms with E-state index in [-0.39, 0.29) is 6.54 Å². The Morgan fingerprint density at radius 3 is 2.33 bits per heavy atom. The Bertz CT molecular complexity index is 846. The highest BCUT2D eigenvalue weighted by Gasteiger charge is 2.31. The van der Waals surface area contributed by atoms with E-state index in [2.05, 4.69) is 4.72 Å². The minimum absolute atomic E-state index is 0.146. The quantitative estimate of drug-likeness (QED) is 0.658. The van der Waals surface area contributed by atoms with Crippen LogP contribution in [0.3, 0.4) is 0 Å². The largest absolute Gasteiger partial charge is 0.416 e. The zero-order valence-electron chi connectivity index (χ0n) is 15.1. The molecule has 2 rings (SSSR count). The molecular weight excluding hydrogens is 395 g/mol. The number of halogens is 3. The van der Waals surface area contributed by atoms with Crippen molar-refractivity contribution in [2.24, 2.45) is 0 Å². The second-order valence-electron chi connectivity index (χ2n) is 6.78. The lowest BCUT2D eigenvalue weighted by Gasteiger charge is -2.19. The zero-order valence-corrected chi connectivity index (χ0v) is 16.7. The van der Waals surface area contributed by atoms with Crippen molar-refractivity contribution in [3.05, 3.63) is 59.2 Å². The molecule has 2 aromatic carbocycles. The molecule has 8 heteroatoms. The van der Waals surface area contributed by atoms with Gasteiger partial charge in [0.25, 0.3) is 0 Å². The first kappa shape index (κ1) is 21.7. The van der Waals surface area contributed by atoms with Crippen molar-refractivity contribution < 1.29 is 22.2 Å². The van der Waals surface area contributed by atoms with Gasteiger partial charge in [0, 0.05) is 21.9 Å². The van der Waals surface area contributed by atoms with E-state index in [0.717, 1.165) is 23.9 Å². The highest BCUT2D eigenvalue weighted by Crippen LogP contribution is 2.37. The molecular formula is C19H20F3NO2S2. The van der Waals surface area contributed by atoms with Crippen molar-refractivity contribution in [2.45, 2.75) is 48.0 Å². The molecule has 3 nitrogen and oxygen atoms in total. The van der Waals surface area contributed by atoms with Gasteiger partial charge in [0.2, 0.25) is 0 Å². The molecule has 0 amide bonds. The van der Waals surface area contributed by atoms with Gasteiger partial charge >= 0.3 is 6.18 Å². The summed E-state index contributed by atoms with van der Waals surface area (Å²) in [7, 11) is -1.36. The van der Waals surface area contributed by atoms with Crippen LogP contribution in [-0.4, -0.2) is 15.2 Å². The number of nitrogens with one attached hydrogen (secondary N) is 1. The van der Waals surface area contributed by atoms with E-state index in [1.54, 1.807) is 45.0 Å². The Labute approximate surface area is 163 Å². The maximum atomic E-state index is 13.1. The molecule has 0 aliphatic rings. The van der Waals surface area contributed by atoms with Crippen molar-refractivity contribution in [1.82, 2.24) is 4.72 Å². The van der Waals surface area contributed by atoms with Crippen molar-refractivity contribution in [3.8, 4) is 0 Å². The first-order valence-corrected chi connectivity index (χ1v) is 10.1. The molecule has 27 heavy (non-hydrogen) atoms. The average Bonchev–Trinajstić information content (AvgIpc) is 2.59. The van der Waals surface area contributed by atoms with Crippen LogP contribution in [0.25, 0.3) is 0 Å². The third-order valence-electron chi connectivity index (χ3n) is 3.61. The Morgan fingerprint density at radius 1 is 1.07 bits per heavy atom. The summed E-state index contributed by atoms with van der Waals surface area (Å²) in [4.78, 5) is 12.1. The van der Waals surface area contributed by atoms with Gasteiger partial charge in [0.05, 0.1) is 21.3 Å². The lowest BCUT2D eigenvalue weighted by atomic mass is 10.1. The van der Waals surface area contributed by atoms with Crippen LogP contribution in [0.1, 0.15) is 42.3 Å². The summed E-state index contributed by atoms with van der Waals surface area (Å²) in [5.74, 6) is 0. The van der Waals surface area contributed by atoms with Crippen LogP contribution < -0.4 is 4.72 Å². The van der Waals surface area contributed by atoms with E-state index < -0.39 is 27.5 Å². The van der Waals surface area contributed by atoms with E-state index in [9.17, 15) is 22.2 Å². The van der Waals surface area contributed by atoms with Crippen LogP contribution >= 0.6 is 11.8 Å². The molecule has 0 heterocycles. The molecule has 0 spiro atoms. The molecule has 0 aromatic heterocycles. The van der Waals surface area contributed by atoms with Gasteiger partial charge in [-0.3, -0.25) is 4.79 Å². The SMILES string of the molecule is CC(C)(C)S(=O)NCc1ccc(C(F)(F)F)cc1Sc1ccccc1C=O. The molecule has 0 aliphatic carbocycles. The van der Waals surface area contributed by atoms with Crippen molar-refractivity contribution in [1.29, 1.82) is 0 Å². The van der Waals surface area contributed by atoms with Gasteiger partial charge in [-0.25, -0.2) is 8.93 Å². The van der Waals surface area contributed by atoms with Crippen LogP contribution in [0.15, 0.2) is 52.3 Å². The molecule has 146 valence electrons. The molecule has 0 fully saturated rings. The van der Waals surface area contributed by atoms with E-state index >= 15 is 0 Å². The molecule has 0 bridgehead atoms. The van der Waals surface area contributed by atoms with E-state index in [1.165, 1.54) is 6.07 Å². The molecule has 0 aliphatic heterocycles. The van der Waals surface area contributed by atoms with Crippen LogP contribution in [0.2, 0.25) is 0 Å².